The third kappa shape index (κ3) is 3.69. The summed E-state index contributed by atoms with van der Waals surface area (Å²) in [5.74, 6) is 1.56. The number of carbonyl (C=O) groups excluding carboxylic acids is 1. The van der Waals surface area contributed by atoms with Crippen LogP contribution < -0.4 is 9.64 Å². The zero-order chi connectivity index (χ0) is 18.8. The van der Waals surface area contributed by atoms with Crippen LogP contribution in [-0.4, -0.2) is 22.6 Å². The number of anilines is 1. The summed E-state index contributed by atoms with van der Waals surface area (Å²) in [7, 11) is 0. The van der Waals surface area contributed by atoms with E-state index in [1.54, 1.807) is 13.0 Å². The highest BCUT2D eigenvalue weighted by molar-refractivity contribution is 6.07. The van der Waals surface area contributed by atoms with E-state index in [1.165, 1.54) is 5.56 Å². The second kappa shape index (κ2) is 7.23. The number of aryl methyl sites for hydroxylation is 3. The summed E-state index contributed by atoms with van der Waals surface area (Å²) in [4.78, 5) is 19.1. The Hall–Kier alpha value is -3.15. The molecule has 3 aromatic rings. The molecule has 0 radical (unpaired) electrons. The Balaban J connectivity index is 1.54. The molecule has 1 aromatic heterocycles. The van der Waals surface area contributed by atoms with Crippen LogP contribution in [0.4, 0.5) is 5.69 Å². The lowest BCUT2D eigenvalue weighted by molar-refractivity contribution is 0.0984. The number of rotatable bonds is 4. The van der Waals surface area contributed by atoms with Gasteiger partial charge in [0.2, 0.25) is 11.7 Å². The standard InChI is InChI=1S/C21H21N3O3/c1-14-8-9-16-6-4-10-24(19(16)11-14)21(25)17-5-3-7-18(12-17)26-13-20-22-15(2)27-23-20/h3,5,7-9,11-12H,4,6,10,13H2,1-2H3. The van der Waals surface area contributed by atoms with E-state index in [0.29, 0.717) is 23.0 Å². The monoisotopic (exact) mass is 363 g/mol. The quantitative estimate of drug-likeness (QED) is 0.704. The van der Waals surface area contributed by atoms with Gasteiger partial charge in [-0.15, -0.1) is 0 Å². The van der Waals surface area contributed by atoms with Crippen LogP contribution in [0.15, 0.2) is 47.0 Å². The zero-order valence-electron chi connectivity index (χ0n) is 15.4. The zero-order valence-corrected chi connectivity index (χ0v) is 15.4. The number of aromatic nitrogens is 2. The van der Waals surface area contributed by atoms with Crippen LogP contribution >= 0.6 is 0 Å². The molecule has 1 amide bonds. The summed E-state index contributed by atoms with van der Waals surface area (Å²) in [5.41, 5.74) is 3.99. The molecule has 0 spiro atoms. The van der Waals surface area contributed by atoms with Crippen LogP contribution in [-0.2, 0) is 13.0 Å². The molecule has 6 heteroatoms. The van der Waals surface area contributed by atoms with Crippen molar-refractivity contribution in [2.24, 2.45) is 0 Å². The molecule has 0 saturated heterocycles. The van der Waals surface area contributed by atoms with Gasteiger partial charge in [-0.1, -0.05) is 23.4 Å². The number of amides is 1. The maximum atomic E-state index is 13.1. The number of hydrogen-bond acceptors (Lipinski definition) is 5. The van der Waals surface area contributed by atoms with Gasteiger partial charge in [-0.2, -0.15) is 4.98 Å². The maximum Gasteiger partial charge on any atom is 0.258 e. The van der Waals surface area contributed by atoms with E-state index in [0.717, 1.165) is 30.6 Å². The normalized spacial score (nSPS) is 13.3. The van der Waals surface area contributed by atoms with Gasteiger partial charge in [-0.05, 0) is 55.2 Å². The summed E-state index contributed by atoms with van der Waals surface area (Å²) in [6.45, 7) is 4.70. The van der Waals surface area contributed by atoms with E-state index >= 15 is 0 Å². The molecule has 27 heavy (non-hydrogen) atoms. The number of benzene rings is 2. The predicted octanol–water partition coefficient (Wildman–Crippen LogP) is 3.86. The molecule has 2 aromatic carbocycles. The van der Waals surface area contributed by atoms with Crippen molar-refractivity contribution in [3.63, 3.8) is 0 Å². The molecule has 0 aliphatic carbocycles. The third-order valence-corrected chi connectivity index (χ3v) is 4.62. The Bertz CT molecular complexity index is 980. The van der Waals surface area contributed by atoms with Crippen LogP contribution in [0.1, 0.15) is 39.6 Å². The summed E-state index contributed by atoms with van der Waals surface area (Å²) >= 11 is 0. The molecule has 2 heterocycles. The van der Waals surface area contributed by atoms with Gasteiger partial charge in [-0.25, -0.2) is 0 Å². The average Bonchev–Trinajstić information content (AvgIpc) is 3.11. The number of ether oxygens (including phenoxy) is 1. The summed E-state index contributed by atoms with van der Waals surface area (Å²) < 4.78 is 10.7. The molecule has 1 aliphatic heterocycles. The maximum absolute atomic E-state index is 13.1. The van der Waals surface area contributed by atoms with E-state index in [4.69, 9.17) is 9.26 Å². The molecule has 0 unspecified atom stereocenters. The van der Waals surface area contributed by atoms with Gasteiger partial charge in [0.15, 0.2) is 6.61 Å². The van der Waals surface area contributed by atoms with Crippen molar-refractivity contribution in [1.29, 1.82) is 0 Å². The summed E-state index contributed by atoms with van der Waals surface area (Å²) in [6, 6.07) is 13.5. The van der Waals surface area contributed by atoms with Crippen molar-refractivity contribution in [1.82, 2.24) is 10.1 Å². The van der Waals surface area contributed by atoms with E-state index < -0.39 is 0 Å². The van der Waals surface area contributed by atoms with Crippen molar-refractivity contribution in [3.05, 3.63) is 70.9 Å². The van der Waals surface area contributed by atoms with Gasteiger partial charge >= 0.3 is 0 Å². The first-order valence-electron chi connectivity index (χ1n) is 9.03. The molecule has 0 atom stereocenters. The molecule has 4 rings (SSSR count). The molecule has 0 N–H and O–H groups in total. The molecule has 0 saturated carbocycles. The number of nitrogens with zero attached hydrogens (tertiary/aromatic N) is 3. The van der Waals surface area contributed by atoms with Gasteiger partial charge < -0.3 is 14.2 Å². The third-order valence-electron chi connectivity index (χ3n) is 4.62. The largest absolute Gasteiger partial charge is 0.485 e. The lowest BCUT2D eigenvalue weighted by Gasteiger charge is -2.30. The Morgan fingerprint density at radius 1 is 1.22 bits per heavy atom. The van der Waals surface area contributed by atoms with E-state index in [-0.39, 0.29) is 12.5 Å². The minimum atomic E-state index is -0.0117. The van der Waals surface area contributed by atoms with Gasteiger partial charge in [0.1, 0.15) is 5.75 Å². The second-order valence-corrected chi connectivity index (χ2v) is 6.74. The highest BCUT2D eigenvalue weighted by atomic mass is 16.5. The van der Waals surface area contributed by atoms with Gasteiger partial charge in [0.05, 0.1) is 0 Å². The highest BCUT2D eigenvalue weighted by Crippen LogP contribution is 2.30. The predicted molar refractivity (Wildman–Crippen MR) is 101 cm³/mol. The number of fused-ring (bicyclic) bond motifs is 1. The van der Waals surface area contributed by atoms with Crippen LogP contribution in [0.2, 0.25) is 0 Å². The Morgan fingerprint density at radius 2 is 2.11 bits per heavy atom. The Labute approximate surface area is 157 Å². The minimum Gasteiger partial charge on any atom is -0.485 e. The van der Waals surface area contributed by atoms with Gasteiger partial charge in [0.25, 0.3) is 5.91 Å². The first-order chi connectivity index (χ1) is 13.1. The van der Waals surface area contributed by atoms with Crippen molar-refractivity contribution in [2.45, 2.75) is 33.3 Å². The highest BCUT2D eigenvalue weighted by Gasteiger charge is 2.24. The van der Waals surface area contributed by atoms with Gasteiger partial charge in [-0.3, -0.25) is 4.79 Å². The van der Waals surface area contributed by atoms with Crippen molar-refractivity contribution < 1.29 is 14.1 Å². The summed E-state index contributed by atoms with van der Waals surface area (Å²) in [6.07, 6.45) is 1.97. The molecule has 6 nitrogen and oxygen atoms in total. The lowest BCUT2D eigenvalue weighted by Crippen LogP contribution is -2.35. The Kier molecular flexibility index (Phi) is 4.62. The average molecular weight is 363 g/mol. The van der Waals surface area contributed by atoms with E-state index in [1.807, 2.05) is 30.0 Å². The number of carbonyl (C=O) groups is 1. The van der Waals surface area contributed by atoms with E-state index in [2.05, 4.69) is 28.3 Å². The number of hydrogen-bond donors (Lipinski definition) is 0. The fourth-order valence-corrected chi connectivity index (χ4v) is 3.32. The lowest BCUT2D eigenvalue weighted by atomic mass is 9.99. The van der Waals surface area contributed by atoms with Crippen LogP contribution in [0.25, 0.3) is 0 Å². The Morgan fingerprint density at radius 3 is 2.93 bits per heavy atom. The van der Waals surface area contributed by atoms with Crippen molar-refractivity contribution >= 4 is 11.6 Å². The minimum absolute atomic E-state index is 0.0117. The van der Waals surface area contributed by atoms with Crippen molar-refractivity contribution in [2.75, 3.05) is 11.4 Å². The smallest absolute Gasteiger partial charge is 0.258 e. The first kappa shape index (κ1) is 17.3. The second-order valence-electron chi connectivity index (χ2n) is 6.74. The van der Waals surface area contributed by atoms with Gasteiger partial charge in [0, 0.05) is 24.7 Å². The fraction of sp³-hybridized carbons (Fsp3) is 0.286. The molecule has 138 valence electrons. The molecule has 0 fully saturated rings. The molecule has 1 aliphatic rings. The van der Waals surface area contributed by atoms with Crippen molar-refractivity contribution in [3.8, 4) is 5.75 Å². The first-order valence-corrected chi connectivity index (χ1v) is 9.03. The topological polar surface area (TPSA) is 68.5 Å². The fourth-order valence-electron chi connectivity index (χ4n) is 3.32. The molecule has 0 bridgehead atoms. The SMILES string of the molecule is Cc1ccc2c(c1)N(C(=O)c1cccc(OCc3noc(C)n3)c1)CCC2. The van der Waals surface area contributed by atoms with Crippen LogP contribution in [0.3, 0.4) is 0 Å². The van der Waals surface area contributed by atoms with E-state index in [9.17, 15) is 4.79 Å². The van der Waals surface area contributed by atoms with Crippen LogP contribution in [0.5, 0.6) is 5.75 Å². The molecular weight excluding hydrogens is 342 g/mol. The summed E-state index contributed by atoms with van der Waals surface area (Å²) in [5, 5.41) is 3.81. The van der Waals surface area contributed by atoms with Crippen LogP contribution in [0, 0.1) is 13.8 Å². The molecular formula is C21H21N3O3.